The lowest BCUT2D eigenvalue weighted by Gasteiger charge is -2.24. The minimum absolute atomic E-state index is 0.553. The highest BCUT2D eigenvalue weighted by Gasteiger charge is 2.23. The molecule has 0 spiro atoms. The van der Waals surface area contributed by atoms with E-state index in [9.17, 15) is 10.2 Å². The molecular weight excluding hydrogens is 238 g/mol. The first-order valence-corrected chi connectivity index (χ1v) is 7.18. The second-order valence-corrected chi connectivity index (χ2v) is 5.11. The smallest absolute Gasteiger partial charge is 0.105 e. The predicted molar refractivity (Wildman–Crippen MR) is 79.4 cm³/mol. The third-order valence-electron chi connectivity index (χ3n) is 3.61. The van der Waals surface area contributed by atoms with Gasteiger partial charge in [0, 0.05) is 0 Å². The summed E-state index contributed by atoms with van der Waals surface area (Å²) in [6.07, 6.45) is 0.793. The van der Waals surface area contributed by atoms with Crippen LogP contribution in [0.25, 0.3) is 0 Å². The molecule has 1 aromatic carbocycles. The Morgan fingerprint density at radius 1 is 1.11 bits per heavy atom. The molecule has 1 aromatic rings. The summed E-state index contributed by atoms with van der Waals surface area (Å²) in [5, 5.41) is 23.6. The molecule has 0 amide bonds. The van der Waals surface area contributed by atoms with Crippen LogP contribution in [0.2, 0.25) is 0 Å². The van der Waals surface area contributed by atoms with Gasteiger partial charge in [-0.3, -0.25) is 0 Å². The van der Waals surface area contributed by atoms with E-state index in [1.807, 2.05) is 7.05 Å². The summed E-state index contributed by atoms with van der Waals surface area (Å²) in [5.74, 6) is 0. The van der Waals surface area contributed by atoms with Gasteiger partial charge in [0.1, 0.15) is 6.10 Å². The van der Waals surface area contributed by atoms with Crippen molar-refractivity contribution in [2.75, 3.05) is 13.6 Å². The van der Waals surface area contributed by atoms with E-state index in [1.54, 1.807) is 0 Å². The number of nitrogens with one attached hydrogen (secondary N) is 1. The van der Waals surface area contributed by atoms with Crippen LogP contribution in [-0.2, 0) is 12.8 Å². The zero-order valence-corrected chi connectivity index (χ0v) is 12.5. The molecule has 19 heavy (non-hydrogen) atoms. The van der Waals surface area contributed by atoms with Crippen LogP contribution in [0, 0.1) is 6.92 Å². The lowest BCUT2D eigenvalue weighted by Crippen LogP contribution is -2.25. The minimum atomic E-state index is -0.793. The Bertz CT molecular complexity index is 379. The average Bonchev–Trinajstić information content (AvgIpc) is 2.42. The van der Waals surface area contributed by atoms with Gasteiger partial charge in [0.25, 0.3) is 0 Å². The van der Waals surface area contributed by atoms with E-state index in [0.717, 1.165) is 29.5 Å². The predicted octanol–water partition coefficient (Wildman–Crippen LogP) is 2.12. The Morgan fingerprint density at radius 3 is 2.05 bits per heavy atom. The number of rotatable bonds is 7. The van der Waals surface area contributed by atoms with Gasteiger partial charge in [0.2, 0.25) is 0 Å². The third-order valence-corrected chi connectivity index (χ3v) is 3.61. The molecule has 0 aliphatic carbocycles. The van der Waals surface area contributed by atoms with Gasteiger partial charge in [0.15, 0.2) is 0 Å². The number of aryl methyl sites for hydroxylation is 3. The zero-order valence-electron chi connectivity index (χ0n) is 12.5. The highest BCUT2D eigenvalue weighted by molar-refractivity contribution is 5.41. The van der Waals surface area contributed by atoms with Gasteiger partial charge >= 0.3 is 0 Å². The maximum atomic E-state index is 10.5. The Labute approximate surface area is 116 Å². The molecule has 0 aromatic heterocycles. The maximum Gasteiger partial charge on any atom is 0.105 e. The largest absolute Gasteiger partial charge is 0.390 e. The number of hydrogen-bond donors (Lipinski definition) is 3. The van der Waals surface area contributed by atoms with Crippen LogP contribution in [0.4, 0.5) is 0 Å². The monoisotopic (exact) mass is 265 g/mol. The van der Waals surface area contributed by atoms with E-state index in [0.29, 0.717) is 13.0 Å². The molecule has 0 saturated carbocycles. The summed E-state index contributed by atoms with van der Waals surface area (Å²) in [7, 11) is 1.85. The zero-order chi connectivity index (χ0) is 14.4. The fraction of sp³-hybridized carbons (Fsp3) is 0.625. The number of aliphatic hydroxyl groups excluding tert-OH is 2. The van der Waals surface area contributed by atoms with E-state index in [-0.39, 0.29) is 0 Å². The van der Waals surface area contributed by atoms with Gasteiger partial charge in [-0.1, -0.05) is 31.5 Å². The van der Waals surface area contributed by atoms with Crippen molar-refractivity contribution in [1.29, 1.82) is 0 Å². The van der Waals surface area contributed by atoms with Crippen LogP contribution in [0.5, 0.6) is 0 Å². The quantitative estimate of drug-likeness (QED) is 0.708. The van der Waals surface area contributed by atoms with Crippen LogP contribution in [0.15, 0.2) is 12.1 Å². The Balaban J connectivity index is 3.09. The van der Waals surface area contributed by atoms with Crippen LogP contribution in [0.1, 0.15) is 48.6 Å². The molecule has 0 aliphatic rings. The number of aliphatic hydroxyl groups is 2. The van der Waals surface area contributed by atoms with Crippen molar-refractivity contribution >= 4 is 0 Å². The molecule has 0 heterocycles. The molecular formula is C16H27NO2. The molecule has 3 N–H and O–H groups in total. The van der Waals surface area contributed by atoms with Crippen molar-refractivity contribution in [3.63, 3.8) is 0 Å². The minimum Gasteiger partial charge on any atom is -0.390 e. The van der Waals surface area contributed by atoms with Crippen LogP contribution < -0.4 is 5.32 Å². The summed E-state index contributed by atoms with van der Waals surface area (Å²) in [6, 6.07) is 4.23. The normalized spacial score (nSPS) is 14.4. The fourth-order valence-electron chi connectivity index (χ4n) is 2.56. The van der Waals surface area contributed by atoms with Crippen molar-refractivity contribution < 1.29 is 10.2 Å². The van der Waals surface area contributed by atoms with Crippen molar-refractivity contribution in [1.82, 2.24) is 5.32 Å². The van der Waals surface area contributed by atoms with E-state index >= 15 is 0 Å². The Morgan fingerprint density at radius 2 is 1.63 bits per heavy atom. The van der Waals surface area contributed by atoms with E-state index in [1.165, 1.54) is 5.56 Å². The Kier molecular flexibility index (Phi) is 6.49. The first-order chi connectivity index (χ1) is 9.04. The summed E-state index contributed by atoms with van der Waals surface area (Å²) >= 11 is 0. The Hall–Kier alpha value is -0.900. The lowest BCUT2D eigenvalue weighted by molar-refractivity contribution is 0.0130. The third kappa shape index (κ3) is 4.03. The molecule has 1 rings (SSSR count). The van der Waals surface area contributed by atoms with Crippen molar-refractivity contribution in [2.45, 2.75) is 52.2 Å². The highest BCUT2D eigenvalue weighted by Crippen LogP contribution is 2.28. The van der Waals surface area contributed by atoms with Gasteiger partial charge < -0.3 is 15.5 Å². The van der Waals surface area contributed by atoms with Crippen LogP contribution >= 0.6 is 0 Å². The summed E-state index contributed by atoms with van der Waals surface area (Å²) < 4.78 is 0. The molecule has 0 fully saturated rings. The number of hydrogen-bond acceptors (Lipinski definition) is 3. The first-order valence-electron chi connectivity index (χ1n) is 7.18. The molecule has 3 nitrogen and oxygen atoms in total. The topological polar surface area (TPSA) is 52.5 Å². The summed E-state index contributed by atoms with van der Waals surface area (Å²) in [5.41, 5.74) is 4.44. The fourth-order valence-corrected chi connectivity index (χ4v) is 2.56. The van der Waals surface area contributed by atoms with Crippen LogP contribution in [-0.4, -0.2) is 29.9 Å². The highest BCUT2D eigenvalue weighted by atomic mass is 16.3. The summed E-state index contributed by atoms with van der Waals surface area (Å²) in [6.45, 7) is 6.95. The standard InChI is InChI=1S/C16H27NO2/c1-5-12-9-11(3)10-13(6-2)15(12)16(19)14(18)7-8-17-4/h9-10,14,16-19H,5-8H2,1-4H3. The molecule has 0 aliphatic heterocycles. The SMILES string of the molecule is CCc1cc(C)cc(CC)c1C(O)C(O)CCNC. The van der Waals surface area contributed by atoms with Crippen LogP contribution in [0.3, 0.4) is 0 Å². The second-order valence-electron chi connectivity index (χ2n) is 5.11. The van der Waals surface area contributed by atoms with E-state index in [4.69, 9.17) is 0 Å². The van der Waals surface area contributed by atoms with Gasteiger partial charge in [-0.2, -0.15) is 0 Å². The average molecular weight is 265 g/mol. The second kappa shape index (κ2) is 7.63. The van der Waals surface area contributed by atoms with E-state index in [2.05, 4.69) is 38.2 Å². The van der Waals surface area contributed by atoms with Crippen molar-refractivity contribution in [3.8, 4) is 0 Å². The molecule has 108 valence electrons. The lowest BCUT2D eigenvalue weighted by atomic mass is 9.88. The van der Waals surface area contributed by atoms with Gasteiger partial charge in [-0.05, 0) is 56.5 Å². The molecule has 3 heteroatoms. The maximum absolute atomic E-state index is 10.5. The van der Waals surface area contributed by atoms with Gasteiger partial charge in [0.05, 0.1) is 6.10 Å². The summed E-state index contributed by atoms with van der Waals surface area (Å²) in [4.78, 5) is 0. The molecule has 0 bridgehead atoms. The van der Waals surface area contributed by atoms with Crippen molar-refractivity contribution in [3.05, 3.63) is 34.4 Å². The molecule has 2 unspecified atom stereocenters. The van der Waals surface area contributed by atoms with Crippen molar-refractivity contribution in [2.24, 2.45) is 0 Å². The van der Waals surface area contributed by atoms with Gasteiger partial charge in [-0.15, -0.1) is 0 Å². The molecule has 0 saturated heterocycles. The first kappa shape index (κ1) is 16.2. The molecule has 2 atom stereocenters. The van der Waals surface area contributed by atoms with E-state index < -0.39 is 12.2 Å². The number of benzene rings is 1. The van der Waals surface area contributed by atoms with Gasteiger partial charge in [-0.25, -0.2) is 0 Å². The molecule has 0 radical (unpaired) electrons.